The number of hydrogen-bond acceptors (Lipinski definition) is 6. The summed E-state index contributed by atoms with van der Waals surface area (Å²) in [6.45, 7) is 4.74. The normalized spacial score (nSPS) is 15.6. The number of allylic oxidation sites excluding steroid dienone is 1. The van der Waals surface area contributed by atoms with Crippen LogP contribution in [0, 0.1) is 0 Å². The van der Waals surface area contributed by atoms with Crippen LogP contribution < -0.4 is 4.74 Å². The lowest BCUT2D eigenvalue weighted by molar-refractivity contribution is -0.139. The molecule has 5 nitrogen and oxygen atoms in total. The lowest BCUT2D eigenvalue weighted by Gasteiger charge is -2.35. The molecule has 0 amide bonds. The van der Waals surface area contributed by atoms with E-state index in [-0.39, 0.29) is 5.97 Å². The topological polar surface area (TPSA) is 51.1 Å². The second-order valence-electron chi connectivity index (χ2n) is 8.15. The Morgan fingerprint density at radius 2 is 1.57 bits per heavy atom. The van der Waals surface area contributed by atoms with Crippen molar-refractivity contribution in [1.82, 2.24) is 4.90 Å². The minimum absolute atomic E-state index is 0.308. The van der Waals surface area contributed by atoms with Gasteiger partial charge in [0.2, 0.25) is 0 Å². The molecule has 1 aliphatic heterocycles. The standard InChI is InChI=1S/C29H30N2O3S/c1-4-34-28(32)26-21(2)31(19-22-11-7-5-8-12-22)29(35-20-23-13-9-6-10-14-23)30-27(26)24-15-17-25(33-3)18-16-24/h5-18,27H,4,19-20H2,1-3H3. The molecule has 6 heteroatoms. The van der Waals surface area contributed by atoms with Crippen LogP contribution in [0.15, 0.2) is 101 Å². The molecule has 3 aromatic carbocycles. The van der Waals surface area contributed by atoms with Gasteiger partial charge in [0, 0.05) is 18.0 Å². The summed E-state index contributed by atoms with van der Waals surface area (Å²) >= 11 is 1.68. The Balaban J connectivity index is 1.76. The Morgan fingerprint density at radius 1 is 0.943 bits per heavy atom. The summed E-state index contributed by atoms with van der Waals surface area (Å²) in [6, 6.07) is 27.9. The molecule has 0 aliphatic carbocycles. The molecule has 0 saturated heterocycles. The number of benzene rings is 3. The predicted molar refractivity (Wildman–Crippen MR) is 142 cm³/mol. The molecule has 0 bridgehead atoms. The van der Waals surface area contributed by atoms with Crippen molar-refractivity contribution in [2.45, 2.75) is 32.2 Å². The molecule has 1 atom stereocenters. The number of ether oxygens (including phenoxy) is 2. The summed E-state index contributed by atoms with van der Waals surface area (Å²) in [7, 11) is 1.64. The van der Waals surface area contributed by atoms with Crippen molar-refractivity contribution < 1.29 is 14.3 Å². The summed E-state index contributed by atoms with van der Waals surface area (Å²) in [5.41, 5.74) is 4.71. The van der Waals surface area contributed by atoms with Crippen LogP contribution >= 0.6 is 11.8 Å². The van der Waals surface area contributed by atoms with E-state index in [1.165, 1.54) is 5.56 Å². The van der Waals surface area contributed by atoms with Crippen molar-refractivity contribution >= 4 is 22.9 Å². The maximum atomic E-state index is 13.2. The van der Waals surface area contributed by atoms with E-state index in [0.717, 1.165) is 33.5 Å². The molecule has 0 aromatic heterocycles. The molecule has 0 radical (unpaired) electrons. The summed E-state index contributed by atoms with van der Waals surface area (Å²) in [5.74, 6) is 1.21. The van der Waals surface area contributed by atoms with Gasteiger partial charge in [-0.1, -0.05) is 84.6 Å². The van der Waals surface area contributed by atoms with Gasteiger partial charge in [-0.25, -0.2) is 9.79 Å². The summed E-state index contributed by atoms with van der Waals surface area (Å²) < 4.78 is 10.8. The van der Waals surface area contributed by atoms with E-state index in [1.807, 2.05) is 74.5 Å². The molecular weight excluding hydrogens is 456 g/mol. The van der Waals surface area contributed by atoms with Crippen molar-refractivity contribution in [1.29, 1.82) is 0 Å². The zero-order chi connectivity index (χ0) is 24.6. The van der Waals surface area contributed by atoms with Crippen LogP contribution in [0.4, 0.5) is 0 Å². The van der Waals surface area contributed by atoms with Crippen LogP contribution in [0.25, 0.3) is 0 Å². The molecule has 1 aliphatic rings. The van der Waals surface area contributed by atoms with Crippen molar-refractivity contribution in [2.24, 2.45) is 4.99 Å². The van der Waals surface area contributed by atoms with E-state index < -0.39 is 6.04 Å². The second kappa shape index (κ2) is 11.8. The molecule has 0 fully saturated rings. The largest absolute Gasteiger partial charge is 0.497 e. The number of thioether (sulfide) groups is 1. The minimum Gasteiger partial charge on any atom is -0.497 e. The average Bonchev–Trinajstić information content (AvgIpc) is 2.90. The number of carbonyl (C=O) groups is 1. The fraction of sp³-hybridized carbons (Fsp3) is 0.241. The van der Waals surface area contributed by atoms with Crippen molar-refractivity contribution in [2.75, 3.05) is 13.7 Å². The van der Waals surface area contributed by atoms with Gasteiger partial charge in [-0.15, -0.1) is 0 Å². The molecule has 3 aromatic rings. The van der Waals surface area contributed by atoms with Crippen LogP contribution in [0.1, 0.15) is 36.6 Å². The Labute approximate surface area is 211 Å². The highest BCUT2D eigenvalue weighted by atomic mass is 32.2. The van der Waals surface area contributed by atoms with E-state index in [0.29, 0.717) is 18.7 Å². The first-order chi connectivity index (χ1) is 17.1. The fourth-order valence-electron chi connectivity index (χ4n) is 4.02. The molecule has 0 spiro atoms. The second-order valence-corrected chi connectivity index (χ2v) is 9.10. The third-order valence-corrected chi connectivity index (χ3v) is 6.92. The number of hydrogen-bond donors (Lipinski definition) is 0. The lowest BCUT2D eigenvalue weighted by Crippen LogP contribution is -2.35. The summed E-state index contributed by atoms with van der Waals surface area (Å²) in [6.07, 6.45) is 0. The fourth-order valence-corrected chi connectivity index (χ4v) is 5.04. The van der Waals surface area contributed by atoms with Crippen molar-refractivity contribution in [3.8, 4) is 5.75 Å². The zero-order valence-electron chi connectivity index (χ0n) is 20.3. The van der Waals surface area contributed by atoms with Gasteiger partial charge in [-0.3, -0.25) is 0 Å². The number of esters is 1. The first-order valence-corrected chi connectivity index (χ1v) is 12.7. The molecular formula is C29H30N2O3S. The first kappa shape index (κ1) is 24.6. The van der Waals surface area contributed by atoms with E-state index in [2.05, 4.69) is 29.2 Å². The Hall–Kier alpha value is -3.51. The Bertz CT molecular complexity index is 1190. The minimum atomic E-state index is -0.453. The van der Waals surface area contributed by atoms with Gasteiger partial charge >= 0.3 is 5.97 Å². The van der Waals surface area contributed by atoms with Crippen LogP contribution in [-0.4, -0.2) is 29.8 Å². The quantitative estimate of drug-likeness (QED) is 0.346. The van der Waals surface area contributed by atoms with Crippen molar-refractivity contribution in [3.05, 3.63) is 113 Å². The Morgan fingerprint density at radius 3 is 2.17 bits per heavy atom. The molecule has 1 unspecified atom stereocenters. The molecule has 180 valence electrons. The smallest absolute Gasteiger partial charge is 0.338 e. The molecule has 0 N–H and O–H groups in total. The Kier molecular flexibility index (Phi) is 8.27. The predicted octanol–water partition coefficient (Wildman–Crippen LogP) is 6.38. The maximum absolute atomic E-state index is 13.2. The van der Waals surface area contributed by atoms with Crippen LogP contribution in [0.2, 0.25) is 0 Å². The number of carbonyl (C=O) groups excluding carboxylic acids is 1. The number of methoxy groups -OCH3 is 1. The van der Waals surface area contributed by atoms with E-state index in [9.17, 15) is 4.79 Å². The zero-order valence-corrected chi connectivity index (χ0v) is 21.1. The SMILES string of the molecule is CCOC(=O)C1=C(C)N(Cc2ccccc2)C(SCc2ccccc2)=NC1c1ccc(OC)cc1. The van der Waals surface area contributed by atoms with Gasteiger partial charge in [0.05, 0.1) is 19.3 Å². The van der Waals surface area contributed by atoms with Gasteiger partial charge in [-0.2, -0.15) is 0 Å². The summed E-state index contributed by atoms with van der Waals surface area (Å²) in [4.78, 5) is 20.5. The first-order valence-electron chi connectivity index (χ1n) is 11.7. The maximum Gasteiger partial charge on any atom is 0.338 e. The summed E-state index contributed by atoms with van der Waals surface area (Å²) in [5, 5.41) is 0.879. The lowest BCUT2D eigenvalue weighted by atomic mass is 9.95. The third-order valence-electron chi connectivity index (χ3n) is 5.86. The number of rotatable bonds is 8. The number of amidine groups is 1. The van der Waals surface area contributed by atoms with Crippen LogP contribution in [0.5, 0.6) is 5.75 Å². The molecule has 1 heterocycles. The van der Waals surface area contributed by atoms with Crippen LogP contribution in [-0.2, 0) is 21.8 Å². The molecule has 35 heavy (non-hydrogen) atoms. The number of aliphatic imine (C=N–C) groups is 1. The number of nitrogens with zero attached hydrogens (tertiary/aromatic N) is 2. The van der Waals surface area contributed by atoms with Gasteiger partial charge in [-0.05, 0) is 42.7 Å². The molecule has 0 saturated carbocycles. The molecule has 4 rings (SSSR count). The van der Waals surface area contributed by atoms with Gasteiger partial charge in [0.25, 0.3) is 0 Å². The van der Waals surface area contributed by atoms with E-state index in [1.54, 1.807) is 18.9 Å². The van der Waals surface area contributed by atoms with Crippen molar-refractivity contribution in [3.63, 3.8) is 0 Å². The highest BCUT2D eigenvalue weighted by molar-refractivity contribution is 8.13. The highest BCUT2D eigenvalue weighted by Crippen LogP contribution is 2.38. The van der Waals surface area contributed by atoms with Crippen LogP contribution in [0.3, 0.4) is 0 Å². The van der Waals surface area contributed by atoms with Gasteiger partial charge < -0.3 is 14.4 Å². The highest BCUT2D eigenvalue weighted by Gasteiger charge is 2.34. The van der Waals surface area contributed by atoms with E-state index in [4.69, 9.17) is 14.5 Å². The monoisotopic (exact) mass is 486 g/mol. The van der Waals surface area contributed by atoms with Gasteiger partial charge in [0.1, 0.15) is 11.8 Å². The average molecular weight is 487 g/mol. The van der Waals surface area contributed by atoms with E-state index >= 15 is 0 Å². The van der Waals surface area contributed by atoms with Gasteiger partial charge in [0.15, 0.2) is 5.17 Å². The third kappa shape index (κ3) is 5.95.